The maximum Gasteiger partial charge on any atom is 0.226 e. The molecule has 0 N–H and O–H groups in total. The number of carbonyl (C=O) groups excluding carboxylic acids is 1. The lowest BCUT2D eigenvalue weighted by atomic mass is 9.93. The molecule has 1 aliphatic rings. The van der Waals surface area contributed by atoms with Crippen LogP contribution in [0.2, 0.25) is 0 Å². The van der Waals surface area contributed by atoms with Gasteiger partial charge in [0.25, 0.3) is 0 Å². The van der Waals surface area contributed by atoms with Crippen LogP contribution in [0.15, 0.2) is 18.2 Å². The van der Waals surface area contributed by atoms with E-state index >= 15 is 0 Å². The van der Waals surface area contributed by atoms with Crippen LogP contribution in [0.3, 0.4) is 0 Å². The largest absolute Gasteiger partial charge is 0.342 e. The third-order valence-electron chi connectivity index (χ3n) is 4.39. The zero-order chi connectivity index (χ0) is 14.7. The van der Waals surface area contributed by atoms with Gasteiger partial charge in [-0.2, -0.15) is 0 Å². The highest BCUT2D eigenvalue weighted by Crippen LogP contribution is 2.24. The molecule has 0 aromatic heterocycles. The number of aryl methyl sites for hydroxylation is 2. The van der Waals surface area contributed by atoms with Crippen LogP contribution >= 0.6 is 11.6 Å². The Bertz CT molecular complexity index is 476. The number of hydrogen-bond donors (Lipinski definition) is 0. The number of nitrogens with zero attached hydrogens (tertiary/aromatic N) is 1. The molecule has 1 aromatic carbocycles. The minimum Gasteiger partial charge on any atom is -0.342 e. The molecule has 0 aliphatic carbocycles. The summed E-state index contributed by atoms with van der Waals surface area (Å²) in [6.07, 6.45) is 2.58. The van der Waals surface area contributed by atoms with E-state index < -0.39 is 0 Å². The van der Waals surface area contributed by atoms with E-state index in [0.717, 1.165) is 31.5 Å². The molecule has 110 valence electrons. The molecular weight excluding hydrogens is 270 g/mol. The molecule has 0 radical (unpaired) electrons. The highest BCUT2D eigenvalue weighted by molar-refractivity contribution is 6.20. The Kier molecular flexibility index (Phi) is 5.09. The molecule has 2 rings (SSSR count). The SMILES string of the molecule is Cc1ccc(C)c(CC(=O)N2CCC(C(C)Cl)CC2)c1. The third-order valence-corrected chi connectivity index (χ3v) is 4.74. The second-order valence-corrected chi connectivity index (χ2v) is 6.69. The summed E-state index contributed by atoms with van der Waals surface area (Å²) in [4.78, 5) is 14.4. The van der Waals surface area contributed by atoms with Crippen LogP contribution in [0.5, 0.6) is 0 Å². The Morgan fingerprint density at radius 1 is 1.35 bits per heavy atom. The van der Waals surface area contributed by atoms with E-state index in [1.807, 2.05) is 4.90 Å². The Balaban J connectivity index is 1.94. The molecule has 0 spiro atoms. The lowest BCUT2D eigenvalue weighted by Crippen LogP contribution is -2.40. The smallest absolute Gasteiger partial charge is 0.226 e. The number of rotatable bonds is 3. The van der Waals surface area contributed by atoms with Crippen LogP contribution in [0.25, 0.3) is 0 Å². The molecule has 20 heavy (non-hydrogen) atoms. The first kappa shape index (κ1) is 15.4. The average molecular weight is 294 g/mol. The summed E-state index contributed by atoms with van der Waals surface area (Å²) >= 11 is 6.15. The fourth-order valence-corrected chi connectivity index (χ4v) is 3.13. The number of halogens is 1. The van der Waals surface area contributed by atoms with Gasteiger partial charge in [0.05, 0.1) is 6.42 Å². The van der Waals surface area contributed by atoms with Crippen molar-refractivity contribution in [3.8, 4) is 0 Å². The van der Waals surface area contributed by atoms with Crippen LogP contribution < -0.4 is 0 Å². The molecule has 1 unspecified atom stereocenters. The van der Waals surface area contributed by atoms with Gasteiger partial charge in [-0.25, -0.2) is 0 Å². The molecule has 0 bridgehead atoms. The van der Waals surface area contributed by atoms with Gasteiger partial charge in [-0.3, -0.25) is 4.79 Å². The van der Waals surface area contributed by atoms with Gasteiger partial charge in [-0.1, -0.05) is 23.8 Å². The number of benzene rings is 1. The van der Waals surface area contributed by atoms with E-state index in [0.29, 0.717) is 12.3 Å². The number of alkyl halides is 1. The van der Waals surface area contributed by atoms with Gasteiger partial charge in [0.1, 0.15) is 0 Å². The number of amides is 1. The Morgan fingerprint density at radius 2 is 2.00 bits per heavy atom. The van der Waals surface area contributed by atoms with Crippen LogP contribution in [0.4, 0.5) is 0 Å². The molecular formula is C17H24ClNO. The van der Waals surface area contributed by atoms with Crippen molar-refractivity contribution in [2.75, 3.05) is 13.1 Å². The Labute approximate surface area is 127 Å². The van der Waals surface area contributed by atoms with Crippen molar-refractivity contribution in [3.05, 3.63) is 34.9 Å². The summed E-state index contributed by atoms with van der Waals surface area (Å²) in [5.74, 6) is 0.806. The van der Waals surface area contributed by atoms with Gasteiger partial charge in [0, 0.05) is 18.5 Å². The average Bonchev–Trinajstić information content (AvgIpc) is 2.43. The van der Waals surface area contributed by atoms with Crippen molar-refractivity contribution < 1.29 is 4.79 Å². The maximum atomic E-state index is 12.4. The lowest BCUT2D eigenvalue weighted by Gasteiger charge is -2.33. The molecule has 1 amide bonds. The molecule has 1 saturated heterocycles. The highest BCUT2D eigenvalue weighted by atomic mass is 35.5. The topological polar surface area (TPSA) is 20.3 Å². The van der Waals surface area contributed by atoms with Crippen molar-refractivity contribution in [2.24, 2.45) is 5.92 Å². The predicted octanol–water partition coefficient (Wildman–Crippen LogP) is 3.71. The molecule has 1 fully saturated rings. The van der Waals surface area contributed by atoms with Crippen molar-refractivity contribution in [1.29, 1.82) is 0 Å². The van der Waals surface area contributed by atoms with Gasteiger partial charge in [-0.15, -0.1) is 11.6 Å². The predicted molar refractivity (Wildman–Crippen MR) is 84.2 cm³/mol. The third kappa shape index (κ3) is 3.76. The van der Waals surface area contributed by atoms with Crippen LogP contribution in [0, 0.1) is 19.8 Å². The number of piperidine rings is 1. The minimum absolute atomic E-state index is 0.214. The Hall–Kier alpha value is -1.02. The van der Waals surface area contributed by atoms with Crippen LogP contribution in [-0.4, -0.2) is 29.3 Å². The lowest BCUT2D eigenvalue weighted by molar-refractivity contribution is -0.131. The van der Waals surface area contributed by atoms with E-state index in [-0.39, 0.29) is 11.3 Å². The standard InChI is InChI=1S/C17H24ClNO/c1-12-4-5-13(2)16(10-12)11-17(20)19-8-6-15(7-9-19)14(3)18/h4-5,10,14-15H,6-9,11H2,1-3H3. The van der Waals surface area contributed by atoms with Gasteiger partial charge in [0.2, 0.25) is 5.91 Å². The van der Waals surface area contributed by atoms with Crippen molar-refractivity contribution in [1.82, 2.24) is 4.90 Å². The van der Waals surface area contributed by atoms with E-state index in [4.69, 9.17) is 11.6 Å². The number of carbonyl (C=O) groups is 1. The van der Waals surface area contributed by atoms with E-state index in [2.05, 4.69) is 39.0 Å². The summed E-state index contributed by atoms with van der Waals surface area (Å²) in [5, 5.41) is 0.214. The second kappa shape index (κ2) is 6.62. The van der Waals surface area contributed by atoms with E-state index in [1.165, 1.54) is 11.1 Å². The number of hydrogen-bond acceptors (Lipinski definition) is 1. The normalized spacial score (nSPS) is 18.1. The van der Waals surface area contributed by atoms with Crippen LogP contribution in [-0.2, 0) is 11.2 Å². The fraction of sp³-hybridized carbons (Fsp3) is 0.588. The summed E-state index contributed by atoms with van der Waals surface area (Å²) in [6, 6.07) is 6.32. The fourth-order valence-electron chi connectivity index (χ4n) is 2.87. The van der Waals surface area contributed by atoms with Gasteiger partial charge in [0.15, 0.2) is 0 Å². The molecule has 1 aliphatic heterocycles. The van der Waals surface area contributed by atoms with Crippen LogP contribution in [0.1, 0.15) is 36.5 Å². The molecule has 2 nitrogen and oxygen atoms in total. The minimum atomic E-state index is 0.214. The summed E-state index contributed by atoms with van der Waals surface area (Å²) < 4.78 is 0. The summed E-state index contributed by atoms with van der Waals surface area (Å²) in [5.41, 5.74) is 3.57. The van der Waals surface area contributed by atoms with Gasteiger partial charge < -0.3 is 4.90 Å². The van der Waals surface area contributed by atoms with E-state index in [9.17, 15) is 4.79 Å². The molecule has 3 heteroatoms. The van der Waals surface area contributed by atoms with Crippen molar-refractivity contribution in [3.63, 3.8) is 0 Å². The number of likely N-dealkylation sites (tertiary alicyclic amines) is 1. The first-order chi connectivity index (χ1) is 9.47. The second-order valence-electron chi connectivity index (χ2n) is 6.00. The summed E-state index contributed by atoms with van der Waals surface area (Å²) in [6.45, 7) is 7.90. The molecule has 0 saturated carbocycles. The van der Waals surface area contributed by atoms with Gasteiger partial charge >= 0.3 is 0 Å². The first-order valence-electron chi connectivity index (χ1n) is 7.45. The van der Waals surface area contributed by atoms with E-state index in [1.54, 1.807) is 0 Å². The summed E-state index contributed by atoms with van der Waals surface area (Å²) in [7, 11) is 0. The zero-order valence-corrected chi connectivity index (χ0v) is 13.4. The zero-order valence-electron chi connectivity index (χ0n) is 12.7. The quantitative estimate of drug-likeness (QED) is 0.778. The highest BCUT2D eigenvalue weighted by Gasteiger charge is 2.25. The maximum absolute atomic E-state index is 12.4. The Morgan fingerprint density at radius 3 is 2.60 bits per heavy atom. The molecule has 1 aromatic rings. The van der Waals surface area contributed by atoms with Crippen molar-refractivity contribution >= 4 is 17.5 Å². The monoisotopic (exact) mass is 293 g/mol. The van der Waals surface area contributed by atoms with Crippen molar-refractivity contribution in [2.45, 2.75) is 45.4 Å². The molecule has 1 atom stereocenters. The molecule has 1 heterocycles. The van der Waals surface area contributed by atoms with Gasteiger partial charge in [-0.05, 0) is 50.7 Å². The first-order valence-corrected chi connectivity index (χ1v) is 7.89.